The summed E-state index contributed by atoms with van der Waals surface area (Å²) in [6.07, 6.45) is 6.80. The summed E-state index contributed by atoms with van der Waals surface area (Å²) in [6.45, 7) is 3.33. The Labute approximate surface area is 190 Å². The number of ether oxygens (including phenoxy) is 2. The topological polar surface area (TPSA) is 66.1 Å². The number of rotatable bonds is 3. The molecule has 5 aliphatic heterocycles. The van der Waals surface area contributed by atoms with Crippen LogP contribution in [-0.4, -0.2) is 75.0 Å². The Morgan fingerprint density at radius 3 is 2.50 bits per heavy atom. The van der Waals surface area contributed by atoms with Crippen molar-refractivity contribution in [3.63, 3.8) is 0 Å². The van der Waals surface area contributed by atoms with Gasteiger partial charge in [0, 0.05) is 55.2 Å². The lowest BCUT2D eigenvalue weighted by atomic mass is 9.97. The Bertz CT molecular complexity index is 904. The van der Waals surface area contributed by atoms with E-state index < -0.39 is 0 Å². The van der Waals surface area contributed by atoms with E-state index in [9.17, 15) is 4.79 Å². The van der Waals surface area contributed by atoms with Gasteiger partial charge in [-0.2, -0.15) is 0 Å². The van der Waals surface area contributed by atoms with E-state index in [1.165, 1.54) is 25.7 Å². The highest BCUT2D eigenvalue weighted by Crippen LogP contribution is 2.43. The number of carbonyl (C=O) groups excluding carboxylic acids is 1. The van der Waals surface area contributed by atoms with Crippen LogP contribution in [0.4, 0.5) is 11.4 Å². The van der Waals surface area contributed by atoms with Gasteiger partial charge in [-0.1, -0.05) is 0 Å². The Kier molecular flexibility index (Phi) is 5.36. The van der Waals surface area contributed by atoms with E-state index >= 15 is 0 Å². The molecule has 3 atom stereocenters. The lowest BCUT2D eigenvalue weighted by molar-refractivity contribution is -0.113. The van der Waals surface area contributed by atoms with Gasteiger partial charge in [-0.25, -0.2) is 0 Å². The third-order valence-electron chi connectivity index (χ3n) is 8.12. The van der Waals surface area contributed by atoms with Crippen molar-refractivity contribution >= 4 is 22.9 Å². The highest BCUT2D eigenvalue weighted by molar-refractivity contribution is 6.33. The van der Waals surface area contributed by atoms with Crippen LogP contribution in [0.1, 0.15) is 44.1 Å². The van der Waals surface area contributed by atoms with Gasteiger partial charge >= 0.3 is 0 Å². The molecule has 2 N–H and O–H groups in total. The van der Waals surface area contributed by atoms with Gasteiger partial charge in [0.05, 0.1) is 30.2 Å². The number of carbonyl (C=O) groups is 1. The van der Waals surface area contributed by atoms with E-state index in [0.29, 0.717) is 31.3 Å². The van der Waals surface area contributed by atoms with E-state index in [2.05, 4.69) is 40.8 Å². The summed E-state index contributed by atoms with van der Waals surface area (Å²) in [5, 5.41) is 7.25. The molecule has 1 aromatic rings. The molecule has 0 aromatic heterocycles. The molecular weight excluding hydrogens is 404 g/mol. The molecular formula is C25H34N4O3. The lowest BCUT2D eigenvalue weighted by Gasteiger charge is -2.37. The van der Waals surface area contributed by atoms with Crippen LogP contribution in [0.5, 0.6) is 0 Å². The maximum absolute atomic E-state index is 13.7. The number of amides is 1. The number of hydrogen-bond acceptors (Lipinski definition) is 6. The minimum Gasteiger partial charge on any atom is -0.383 e. The molecule has 0 aliphatic carbocycles. The van der Waals surface area contributed by atoms with Gasteiger partial charge in [0.15, 0.2) is 0 Å². The van der Waals surface area contributed by atoms with Gasteiger partial charge < -0.3 is 29.9 Å². The van der Waals surface area contributed by atoms with Gasteiger partial charge in [-0.3, -0.25) is 4.79 Å². The van der Waals surface area contributed by atoms with Crippen LogP contribution in [0.25, 0.3) is 5.57 Å². The quantitative estimate of drug-likeness (QED) is 0.708. The second-order valence-corrected chi connectivity index (χ2v) is 9.95. The number of nitrogens with one attached hydrogen (secondary N) is 2. The summed E-state index contributed by atoms with van der Waals surface area (Å²) in [7, 11) is 2.28. The van der Waals surface area contributed by atoms with Crippen molar-refractivity contribution in [3.05, 3.63) is 29.5 Å². The highest BCUT2D eigenvalue weighted by Gasteiger charge is 2.41. The van der Waals surface area contributed by atoms with Crippen molar-refractivity contribution in [2.24, 2.45) is 0 Å². The summed E-state index contributed by atoms with van der Waals surface area (Å²) < 4.78 is 11.3. The van der Waals surface area contributed by atoms with Crippen LogP contribution in [0, 0.1) is 0 Å². The molecule has 0 spiro atoms. The predicted molar refractivity (Wildman–Crippen MR) is 125 cm³/mol. The number of nitrogens with zero attached hydrogens (tertiary/aromatic N) is 2. The average molecular weight is 439 g/mol. The third kappa shape index (κ3) is 3.51. The van der Waals surface area contributed by atoms with Crippen molar-refractivity contribution in [2.45, 2.75) is 62.7 Å². The monoisotopic (exact) mass is 438 g/mol. The van der Waals surface area contributed by atoms with Crippen molar-refractivity contribution in [3.8, 4) is 0 Å². The van der Waals surface area contributed by atoms with E-state index in [1.807, 2.05) is 4.90 Å². The number of morpholine rings is 1. The Morgan fingerprint density at radius 2 is 1.78 bits per heavy atom. The fraction of sp³-hybridized carbons (Fsp3) is 0.640. The molecule has 0 saturated carbocycles. The summed E-state index contributed by atoms with van der Waals surface area (Å²) in [6, 6.07) is 8.60. The maximum Gasteiger partial charge on any atom is 0.261 e. The van der Waals surface area contributed by atoms with Crippen LogP contribution in [0.15, 0.2) is 23.9 Å². The van der Waals surface area contributed by atoms with E-state index in [0.717, 1.165) is 60.8 Å². The number of hydrogen-bond donors (Lipinski definition) is 2. The van der Waals surface area contributed by atoms with E-state index in [1.54, 1.807) is 0 Å². The fourth-order valence-electron chi connectivity index (χ4n) is 6.40. The second kappa shape index (κ2) is 8.36. The molecule has 6 rings (SSSR count). The van der Waals surface area contributed by atoms with Crippen LogP contribution >= 0.6 is 0 Å². The molecule has 4 fully saturated rings. The zero-order valence-corrected chi connectivity index (χ0v) is 18.9. The number of anilines is 2. The molecule has 2 bridgehead atoms. The molecule has 1 amide bonds. The Morgan fingerprint density at radius 1 is 1.00 bits per heavy atom. The maximum atomic E-state index is 13.7. The van der Waals surface area contributed by atoms with Crippen molar-refractivity contribution in [1.82, 2.24) is 10.2 Å². The molecule has 4 saturated heterocycles. The molecule has 1 unspecified atom stereocenters. The molecule has 7 heteroatoms. The number of benzene rings is 1. The van der Waals surface area contributed by atoms with Gasteiger partial charge in [-0.05, 0) is 63.8 Å². The second-order valence-electron chi connectivity index (χ2n) is 9.95. The summed E-state index contributed by atoms with van der Waals surface area (Å²) >= 11 is 0. The molecule has 1 aromatic carbocycles. The first kappa shape index (κ1) is 20.5. The van der Waals surface area contributed by atoms with Crippen molar-refractivity contribution < 1.29 is 14.3 Å². The van der Waals surface area contributed by atoms with Crippen LogP contribution in [-0.2, 0) is 14.3 Å². The predicted octanol–water partition coefficient (Wildman–Crippen LogP) is 2.58. The fourth-order valence-corrected chi connectivity index (χ4v) is 6.40. The summed E-state index contributed by atoms with van der Waals surface area (Å²) in [5.74, 6) is 0.106. The zero-order valence-electron chi connectivity index (χ0n) is 18.9. The normalized spacial score (nSPS) is 33.3. The van der Waals surface area contributed by atoms with E-state index in [-0.39, 0.29) is 11.9 Å². The molecule has 7 nitrogen and oxygen atoms in total. The van der Waals surface area contributed by atoms with Gasteiger partial charge in [0.2, 0.25) is 0 Å². The van der Waals surface area contributed by atoms with Crippen LogP contribution in [0.3, 0.4) is 0 Å². The average Bonchev–Trinajstić information content (AvgIpc) is 3.20. The third-order valence-corrected chi connectivity index (χ3v) is 8.12. The smallest absolute Gasteiger partial charge is 0.261 e. The van der Waals surface area contributed by atoms with Crippen LogP contribution < -0.4 is 15.5 Å². The minimum atomic E-state index is 0.106. The standard InChI is InChI=1S/C25H34N4O3/c1-28-19-3-4-20(28)13-17(12-19)27-16-2-5-23-21(14-16)24(22-15-32-11-8-26-22)25(30)29(23)18-6-9-31-10-7-18/h2,5,14,17-20,26-27H,3-4,6-13,15H2,1H3/b24-22-/t17?,19-,20+. The molecule has 172 valence electrons. The molecule has 5 aliphatic rings. The van der Waals surface area contributed by atoms with E-state index in [4.69, 9.17) is 9.47 Å². The largest absolute Gasteiger partial charge is 0.383 e. The molecule has 5 heterocycles. The van der Waals surface area contributed by atoms with Gasteiger partial charge in [-0.15, -0.1) is 0 Å². The molecule has 0 radical (unpaired) electrons. The first-order valence-electron chi connectivity index (χ1n) is 12.3. The Hall–Kier alpha value is -2.09. The van der Waals surface area contributed by atoms with Crippen molar-refractivity contribution in [2.75, 3.05) is 50.2 Å². The first-order chi connectivity index (χ1) is 15.7. The van der Waals surface area contributed by atoms with Crippen LogP contribution in [0.2, 0.25) is 0 Å². The summed E-state index contributed by atoms with van der Waals surface area (Å²) in [5.41, 5.74) is 4.90. The van der Waals surface area contributed by atoms with Gasteiger partial charge in [0.1, 0.15) is 0 Å². The molecule has 32 heavy (non-hydrogen) atoms. The zero-order chi connectivity index (χ0) is 21.7. The minimum absolute atomic E-state index is 0.106. The number of fused-ring (bicyclic) bond motifs is 3. The van der Waals surface area contributed by atoms with Gasteiger partial charge in [0.25, 0.3) is 5.91 Å². The lowest BCUT2D eigenvalue weighted by Crippen LogP contribution is -2.44. The SMILES string of the molecule is CN1[C@@H]2CC[C@H]1CC(Nc1ccc3c(c1)/C(=C1\COCCN1)C(=O)N3C1CCOCC1)C2. The first-order valence-corrected chi connectivity index (χ1v) is 12.3. The highest BCUT2D eigenvalue weighted by atomic mass is 16.5. The van der Waals surface area contributed by atoms with Crippen molar-refractivity contribution in [1.29, 1.82) is 0 Å². The Balaban J connectivity index is 1.32. The summed E-state index contributed by atoms with van der Waals surface area (Å²) in [4.78, 5) is 18.3. The number of piperidine rings is 1.